The Morgan fingerprint density at radius 1 is 1.43 bits per heavy atom. The van der Waals surface area contributed by atoms with Crippen LogP contribution in [0.15, 0.2) is 18.3 Å². The maximum atomic E-state index is 12.2. The zero-order chi connectivity index (χ0) is 15.2. The minimum absolute atomic E-state index is 0.0595. The van der Waals surface area contributed by atoms with Crippen LogP contribution in [0.1, 0.15) is 10.4 Å². The van der Waals surface area contributed by atoms with Crippen LogP contribution in [0.3, 0.4) is 0 Å². The Morgan fingerprint density at radius 2 is 2.14 bits per heavy atom. The number of carbonyl (C=O) groups is 2. The summed E-state index contributed by atoms with van der Waals surface area (Å²) < 4.78 is 4.68. The average molecular weight is 292 g/mol. The molecule has 1 aliphatic heterocycles. The van der Waals surface area contributed by atoms with E-state index >= 15 is 0 Å². The van der Waals surface area contributed by atoms with Gasteiger partial charge in [-0.1, -0.05) is 0 Å². The maximum absolute atomic E-state index is 12.2. The second-order valence-corrected chi connectivity index (χ2v) is 4.88. The quantitative estimate of drug-likeness (QED) is 0.771. The molecule has 0 bridgehead atoms. The van der Waals surface area contributed by atoms with Gasteiger partial charge in [0, 0.05) is 39.4 Å². The van der Waals surface area contributed by atoms with Crippen LogP contribution in [-0.4, -0.2) is 68.6 Å². The zero-order valence-electron chi connectivity index (χ0n) is 12.3. The zero-order valence-corrected chi connectivity index (χ0v) is 12.3. The number of nitrogens with zero attached hydrogens (tertiary/aromatic N) is 3. The minimum atomic E-state index is -0.416. The second kappa shape index (κ2) is 7.03. The van der Waals surface area contributed by atoms with Crippen molar-refractivity contribution in [2.24, 2.45) is 0 Å². The monoisotopic (exact) mass is 292 g/mol. The number of ether oxygens (including phenoxy) is 1. The van der Waals surface area contributed by atoms with Gasteiger partial charge in [0.25, 0.3) is 0 Å². The molecular formula is C14H20N4O3. The Morgan fingerprint density at radius 3 is 2.81 bits per heavy atom. The van der Waals surface area contributed by atoms with Crippen LogP contribution in [-0.2, 0) is 9.53 Å². The Hall–Kier alpha value is -2.15. The third-order valence-electron chi connectivity index (χ3n) is 3.40. The normalized spacial score (nSPS) is 14.7. The lowest BCUT2D eigenvalue weighted by molar-refractivity contribution is -0.130. The Balaban J connectivity index is 2.00. The maximum Gasteiger partial charge on any atom is 0.338 e. The van der Waals surface area contributed by atoms with Crippen LogP contribution in [0, 0.1) is 0 Å². The summed E-state index contributed by atoms with van der Waals surface area (Å²) in [5, 5.41) is 3.21. The number of carbonyl (C=O) groups excluding carboxylic acids is 2. The molecule has 0 saturated carbocycles. The first-order chi connectivity index (χ1) is 10.1. The van der Waals surface area contributed by atoms with E-state index in [1.807, 2.05) is 4.90 Å². The molecule has 1 saturated heterocycles. The van der Waals surface area contributed by atoms with Crippen molar-refractivity contribution in [3.8, 4) is 0 Å². The minimum Gasteiger partial charge on any atom is -0.465 e. The highest BCUT2D eigenvalue weighted by atomic mass is 16.5. The van der Waals surface area contributed by atoms with Gasteiger partial charge < -0.3 is 19.9 Å². The van der Waals surface area contributed by atoms with Crippen LogP contribution in [0.4, 0.5) is 5.82 Å². The summed E-state index contributed by atoms with van der Waals surface area (Å²) in [6, 6.07) is 3.21. The van der Waals surface area contributed by atoms with Crippen LogP contribution in [0.25, 0.3) is 0 Å². The molecule has 7 nitrogen and oxygen atoms in total. The third-order valence-corrected chi connectivity index (χ3v) is 3.40. The van der Waals surface area contributed by atoms with E-state index in [2.05, 4.69) is 15.0 Å². The van der Waals surface area contributed by atoms with E-state index in [1.165, 1.54) is 13.3 Å². The van der Waals surface area contributed by atoms with E-state index in [0.717, 1.165) is 26.2 Å². The third kappa shape index (κ3) is 3.91. The highest BCUT2D eigenvalue weighted by Crippen LogP contribution is 2.12. The van der Waals surface area contributed by atoms with Crippen molar-refractivity contribution in [1.29, 1.82) is 0 Å². The fourth-order valence-corrected chi connectivity index (χ4v) is 2.17. The number of pyridine rings is 1. The summed E-state index contributed by atoms with van der Waals surface area (Å²) in [6.07, 6.45) is 1.54. The summed E-state index contributed by atoms with van der Waals surface area (Å²) >= 11 is 0. The van der Waals surface area contributed by atoms with Gasteiger partial charge in [-0.15, -0.1) is 0 Å². The molecule has 1 aliphatic rings. The number of hydrogen-bond acceptors (Lipinski definition) is 6. The summed E-state index contributed by atoms with van der Waals surface area (Å²) in [6.45, 7) is 3.33. The number of likely N-dealkylation sites (N-methyl/N-ethyl adjacent to an activating group) is 1. The number of amides is 1. The Bertz CT molecular complexity index is 515. The first-order valence-electron chi connectivity index (χ1n) is 6.86. The van der Waals surface area contributed by atoms with Gasteiger partial charge >= 0.3 is 5.97 Å². The van der Waals surface area contributed by atoms with E-state index in [-0.39, 0.29) is 12.5 Å². The van der Waals surface area contributed by atoms with Gasteiger partial charge in [-0.2, -0.15) is 0 Å². The molecule has 0 unspecified atom stereocenters. The molecule has 0 atom stereocenters. The van der Waals surface area contributed by atoms with Crippen molar-refractivity contribution in [2.75, 3.05) is 51.8 Å². The molecule has 1 aromatic rings. The van der Waals surface area contributed by atoms with E-state index in [0.29, 0.717) is 11.4 Å². The predicted molar refractivity (Wildman–Crippen MR) is 78.3 cm³/mol. The fraction of sp³-hybridized carbons (Fsp3) is 0.500. The molecule has 7 heteroatoms. The largest absolute Gasteiger partial charge is 0.465 e. The van der Waals surface area contributed by atoms with E-state index < -0.39 is 5.97 Å². The van der Waals surface area contributed by atoms with Gasteiger partial charge in [-0.25, -0.2) is 9.78 Å². The van der Waals surface area contributed by atoms with Crippen molar-refractivity contribution >= 4 is 17.7 Å². The first-order valence-corrected chi connectivity index (χ1v) is 6.86. The second-order valence-electron chi connectivity index (χ2n) is 4.88. The Kier molecular flexibility index (Phi) is 5.10. The number of nitrogens with one attached hydrogen (secondary N) is 1. The van der Waals surface area contributed by atoms with Crippen LogP contribution >= 0.6 is 0 Å². The number of rotatable bonds is 4. The molecule has 21 heavy (non-hydrogen) atoms. The molecular weight excluding hydrogens is 272 g/mol. The molecule has 2 rings (SSSR count). The Labute approximate surface area is 123 Å². The lowest BCUT2D eigenvalue weighted by atomic mass is 10.2. The summed E-state index contributed by atoms with van der Waals surface area (Å²) in [5.74, 6) is 0.214. The van der Waals surface area contributed by atoms with Gasteiger partial charge in [0.05, 0.1) is 19.2 Å². The summed E-state index contributed by atoms with van der Waals surface area (Å²) in [4.78, 5) is 31.5. The predicted octanol–water partition coefficient (Wildman–Crippen LogP) is -0.264. The number of methoxy groups -OCH3 is 1. The van der Waals surface area contributed by atoms with E-state index in [9.17, 15) is 9.59 Å². The van der Waals surface area contributed by atoms with Crippen LogP contribution < -0.4 is 10.2 Å². The molecule has 2 heterocycles. The highest BCUT2D eigenvalue weighted by molar-refractivity contribution is 5.90. The topological polar surface area (TPSA) is 74.8 Å². The standard InChI is InChI=1S/C14H20N4O3/c1-17(10-13(19)18-7-5-15-6-8-18)12-9-11(3-4-16-12)14(20)21-2/h3-4,9,15H,5-8,10H2,1-2H3. The van der Waals surface area contributed by atoms with Gasteiger partial charge in [0.1, 0.15) is 5.82 Å². The number of anilines is 1. The van der Waals surface area contributed by atoms with Crippen molar-refractivity contribution in [3.63, 3.8) is 0 Å². The molecule has 1 fully saturated rings. The summed E-state index contributed by atoms with van der Waals surface area (Å²) in [7, 11) is 3.11. The molecule has 0 spiro atoms. The van der Waals surface area contributed by atoms with Crippen molar-refractivity contribution in [3.05, 3.63) is 23.9 Å². The fourth-order valence-electron chi connectivity index (χ4n) is 2.17. The number of piperazine rings is 1. The molecule has 1 amide bonds. The number of aromatic nitrogens is 1. The van der Waals surface area contributed by atoms with Crippen molar-refractivity contribution < 1.29 is 14.3 Å². The van der Waals surface area contributed by atoms with E-state index in [4.69, 9.17) is 0 Å². The lowest BCUT2D eigenvalue weighted by Gasteiger charge is -2.29. The molecule has 114 valence electrons. The lowest BCUT2D eigenvalue weighted by Crippen LogP contribution is -2.49. The van der Waals surface area contributed by atoms with Gasteiger partial charge in [-0.05, 0) is 12.1 Å². The molecule has 1 N–H and O–H groups in total. The first kappa shape index (κ1) is 15.2. The molecule has 0 radical (unpaired) electrons. The van der Waals surface area contributed by atoms with E-state index in [1.54, 1.807) is 24.1 Å². The SMILES string of the molecule is COC(=O)c1ccnc(N(C)CC(=O)N2CCNCC2)c1. The smallest absolute Gasteiger partial charge is 0.338 e. The average Bonchev–Trinajstić information content (AvgIpc) is 2.55. The van der Waals surface area contributed by atoms with Gasteiger partial charge in [0.2, 0.25) is 5.91 Å². The van der Waals surface area contributed by atoms with Crippen molar-refractivity contribution in [1.82, 2.24) is 15.2 Å². The molecule has 0 aliphatic carbocycles. The molecule has 0 aromatic carbocycles. The van der Waals surface area contributed by atoms with Crippen molar-refractivity contribution in [2.45, 2.75) is 0 Å². The summed E-state index contributed by atoms with van der Waals surface area (Å²) in [5.41, 5.74) is 0.420. The van der Waals surface area contributed by atoms with Gasteiger partial charge in [-0.3, -0.25) is 4.79 Å². The van der Waals surface area contributed by atoms with Crippen LogP contribution in [0.2, 0.25) is 0 Å². The molecule has 1 aromatic heterocycles. The highest BCUT2D eigenvalue weighted by Gasteiger charge is 2.18. The number of hydrogen-bond donors (Lipinski definition) is 1. The van der Waals surface area contributed by atoms with Crippen LogP contribution in [0.5, 0.6) is 0 Å². The van der Waals surface area contributed by atoms with Gasteiger partial charge in [0.15, 0.2) is 0 Å². The number of esters is 1.